The number of aromatic nitrogens is 2. The Labute approximate surface area is 166 Å². The fraction of sp³-hybridized carbons (Fsp3) is 0.800. The SMILES string of the molecule is C[C@H]1[C@H](N)[C@@H](O)CN1c1cc(C2NNC3CCC(OC4(C)CC4)CC32)ncn1. The lowest BCUT2D eigenvalue weighted by atomic mass is 9.79. The Morgan fingerprint density at radius 1 is 1.29 bits per heavy atom. The first-order valence-electron chi connectivity index (χ1n) is 10.6. The summed E-state index contributed by atoms with van der Waals surface area (Å²) in [7, 11) is 0. The maximum absolute atomic E-state index is 10.1. The number of hydrogen-bond donors (Lipinski definition) is 4. The normalized spacial score (nSPS) is 41.9. The summed E-state index contributed by atoms with van der Waals surface area (Å²) < 4.78 is 6.39. The topological polar surface area (TPSA) is 109 Å². The standard InChI is InChI=1S/C20H32N6O2/c1-11-18(21)16(27)9-26(11)17-8-15(22-10-23-17)19-13-7-12(28-20(2)5-6-20)3-4-14(13)24-25-19/h8,10-14,16,18-19,24-25,27H,3-7,9,21H2,1-2H3/t11-,12?,13?,14?,16-,18-,19?/m0/s1. The van der Waals surface area contributed by atoms with Crippen LogP contribution < -0.4 is 21.5 Å². The molecule has 8 heteroatoms. The second-order valence-corrected chi connectivity index (χ2v) is 9.38. The molecule has 1 aromatic heterocycles. The molecule has 1 aromatic rings. The summed E-state index contributed by atoms with van der Waals surface area (Å²) in [6.07, 6.45) is 7.11. The van der Waals surface area contributed by atoms with Gasteiger partial charge in [0.2, 0.25) is 0 Å². The summed E-state index contributed by atoms with van der Waals surface area (Å²) in [6, 6.07) is 2.44. The number of rotatable bonds is 4. The van der Waals surface area contributed by atoms with E-state index in [1.807, 2.05) is 6.92 Å². The number of nitrogens with zero attached hydrogens (tertiary/aromatic N) is 3. The fourth-order valence-corrected chi connectivity index (χ4v) is 5.12. The number of ether oxygens (including phenoxy) is 1. The van der Waals surface area contributed by atoms with Gasteiger partial charge in [-0.1, -0.05) is 0 Å². The predicted octanol–water partition coefficient (Wildman–Crippen LogP) is 0.629. The van der Waals surface area contributed by atoms with Crippen molar-refractivity contribution in [2.24, 2.45) is 11.7 Å². The van der Waals surface area contributed by atoms with E-state index in [2.05, 4.69) is 38.7 Å². The van der Waals surface area contributed by atoms with Crippen molar-refractivity contribution < 1.29 is 9.84 Å². The van der Waals surface area contributed by atoms with Gasteiger partial charge in [-0.3, -0.25) is 5.43 Å². The molecule has 5 N–H and O–H groups in total. The number of fused-ring (bicyclic) bond motifs is 1. The molecule has 4 fully saturated rings. The monoisotopic (exact) mass is 388 g/mol. The third kappa shape index (κ3) is 3.31. The lowest BCUT2D eigenvalue weighted by Crippen LogP contribution is -2.40. The highest BCUT2D eigenvalue weighted by Crippen LogP contribution is 2.45. The van der Waals surface area contributed by atoms with E-state index in [1.165, 1.54) is 12.8 Å². The molecular weight excluding hydrogens is 356 g/mol. The van der Waals surface area contributed by atoms with Gasteiger partial charge in [0.15, 0.2) is 0 Å². The van der Waals surface area contributed by atoms with Crippen LogP contribution in [-0.4, -0.2) is 57.6 Å². The molecule has 3 heterocycles. The summed E-state index contributed by atoms with van der Waals surface area (Å²) in [5, 5.41) is 10.1. The zero-order valence-corrected chi connectivity index (χ0v) is 16.7. The second kappa shape index (κ2) is 6.88. The fourth-order valence-electron chi connectivity index (χ4n) is 5.12. The minimum absolute atomic E-state index is 0.0481. The van der Waals surface area contributed by atoms with Crippen molar-refractivity contribution in [3.63, 3.8) is 0 Å². The number of hydrazine groups is 1. The predicted molar refractivity (Wildman–Crippen MR) is 105 cm³/mol. The molecule has 4 aliphatic rings. The van der Waals surface area contributed by atoms with Crippen molar-refractivity contribution in [1.82, 2.24) is 20.8 Å². The Balaban J connectivity index is 1.33. The number of anilines is 1. The van der Waals surface area contributed by atoms with Crippen LogP contribution in [0.5, 0.6) is 0 Å². The van der Waals surface area contributed by atoms with Gasteiger partial charge in [-0.05, 0) is 46.0 Å². The third-order valence-electron chi connectivity index (χ3n) is 7.27. The van der Waals surface area contributed by atoms with Crippen LogP contribution in [0.2, 0.25) is 0 Å². The van der Waals surface area contributed by atoms with E-state index in [9.17, 15) is 5.11 Å². The van der Waals surface area contributed by atoms with Crippen LogP contribution in [0.4, 0.5) is 5.82 Å². The molecule has 4 unspecified atom stereocenters. The van der Waals surface area contributed by atoms with Crippen molar-refractivity contribution >= 4 is 5.82 Å². The number of nitrogens with one attached hydrogen (secondary N) is 2. The number of aliphatic hydroxyl groups excluding tert-OH is 1. The molecule has 154 valence electrons. The van der Waals surface area contributed by atoms with E-state index in [0.717, 1.165) is 30.8 Å². The van der Waals surface area contributed by atoms with E-state index in [-0.39, 0.29) is 23.7 Å². The zero-order chi connectivity index (χ0) is 19.5. The zero-order valence-electron chi connectivity index (χ0n) is 16.7. The molecule has 0 spiro atoms. The van der Waals surface area contributed by atoms with Gasteiger partial charge in [0.25, 0.3) is 0 Å². The third-order valence-corrected chi connectivity index (χ3v) is 7.27. The summed E-state index contributed by atoms with van der Waals surface area (Å²) >= 11 is 0. The quantitative estimate of drug-likeness (QED) is 0.595. The van der Waals surface area contributed by atoms with Crippen molar-refractivity contribution in [3.05, 3.63) is 18.1 Å². The Morgan fingerprint density at radius 2 is 2.11 bits per heavy atom. The first-order chi connectivity index (χ1) is 13.4. The second-order valence-electron chi connectivity index (χ2n) is 9.38. The Kier molecular flexibility index (Phi) is 4.59. The number of nitrogens with two attached hydrogens (primary N) is 1. The minimum Gasteiger partial charge on any atom is -0.390 e. The van der Waals surface area contributed by atoms with Gasteiger partial charge < -0.3 is 20.5 Å². The molecular formula is C20H32N6O2. The average Bonchev–Trinajstić information content (AvgIpc) is 3.17. The Morgan fingerprint density at radius 3 is 2.82 bits per heavy atom. The van der Waals surface area contributed by atoms with Crippen LogP contribution in [0, 0.1) is 5.92 Å². The Hall–Kier alpha value is -1.32. The lowest BCUT2D eigenvalue weighted by molar-refractivity contribution is -0.0500. The van der Waals surface area contributed by atoms with Crippen molar-refractivity contribution in [3.8, 4) is 0 Å². The highest BCUT2D eigenvalue weighted by atomic mass is 16.5. The molecule has 2 aliphatic heterocycles. The van der Waals surface area contributed by atoms with Crippen molar-refractivity contribution in [2.75, 3.05) is 11.4 Å². The minimum atomic E-state index is -0.524. The molecule has 5 rings (SSSR count). The van der Waals surface area contributed by atoms with Gasteiger partial charge in [0.05, 0.1) is 35.6 Å². The van der Waals surface area contributed by atoms with Gasteiger partial charge >= 0.3 is 0 Å². The molecule has 0 radical (unpaired) electrons. The van der Waals surface area contributed by atoms with Crippen LogP contribution in [0.1, 0.15) is 57.7 Å². The molecule has 8 nitrogen and oxygen atoms in total. The first kappa shape index (κ1) is 18.7. The maximum Gasteiger partial charge on any atom is 0.132 e. The number of β-amino-alcohol motifs (C(OH)–C–C–N with tert-alkyl or cyclic N) is 1. The highest BCUT2D eigenvalue weighted by Gasteiger charge is 2.46. The molecule has 2 aliphatic carbocycles. The molecule has 2 saturated carbocycles. The smallest absolute Gasteiger partial charge is 0.132 e. The van der Waals surface area contributed by atoms with Crippen LogP contribution in [0.3, 0.4) is 0 Å². The largest absolute Gasteiger partial charge is 0.390 e. The van der Waals surface area contributed by atoms with E-state index in [4.69, 9.17) is 10.5 Å². The summed E-state index contributed by atoms with van der Waals surface area (Å²) in [6.45, 7) is 4.78. The van der Waals surface area contributed by atoms with E-state index in [1.54, 1.807) is 6.33 Å². The van der Waals surface area contributed by atoms with Crippen LogP contribution >= 0.6 is 0 Å². The van der Waals surface area contributed by atoms with Gasteiger partial charge in [0.1, 0.15) is 12.1 Å². The number of aliphatic hydroxyl groups is 1. The molecule has 0 amide bonds. The van der Waals surface area contributed by atoms with Gasteiger partial charge in [-0.25, -0.2) is 15.4 Å². The van der Waals surface area contributed by atoms with Crippen LogP contribution in [0.25, 0.3) is 0 Å². The summed E-state index contributed by atoms with van der Waals surface area (Å²) in [5.41, 5.74) is 14.2. The summed E-state index contributed by atoms with van der Waals surface area (Å²) in [5.74, 6) is 1.29. The van der Waals surface area contributed by atoms with Crippen molar-refractivity contribution in [1.29, 1.82) is 0 Å². The molecule has 2 saturated heterocycles. The van der Waals surface area contributed by atoms with E-state index >= 15 is 0 Å². The highest BCUT2D eigenvalue weighted by molar-refractivity contribution is 5.44. The number of hydrogen-bond acceptors (Lipinski definition) is 8. The van der Waals surface area contributed by atoms with Gasteiger partial charge in [-0.15, -0.1) is 0 Å². The van der Waals surface area contributed by atoms with Crippen molar-refractivity contribution in [2.45, 2.75) is 87.9 Å². The molecule has 28 heavy (non-hydrogen) atoms. The van der Waals surface area contributed by atoms with E-state index < -0.39 is 6.10 Å². The molecule has 0 bridgehead atoms. The van der Waals surface area contributed by atoms with Crippen LogP contribution in [-0.2, 0) is 4.74 Å². The Bertz CT molecular complexity index is 728. The maximum atomic E-state index is 10.1. The molecule has 0 aromatic carbocycles. The average molecular weight is 389 g/mol. The van der Waals surface area contributed by atoms with E-state index in [0.29, 0.717) is 24.6 Å². The summed E-state index contributed by atoms with van der Waals surface area (Å²) in [4.78, 5) is 11.1. The van der Waals surface area contributed by atoms with Gasteiger partial charge in [-0.2, -0.15) is 0 Å². The lowest BCUT2D eigenvalue weighted by Gasteiger charge is -2.34. The molecule has 7 atom stereocenters. The van der Waals surface area contributed by atoms with Crippen LogP contribution in [0.15, 0.2) is 12.4 Å². The van der Waals surface area contributed by atoms with Gasteiger partial charge in [0, 0.05) is 30.6 Å². The first-order valence-corrected chi connectivity index (χ1v) is 10.6.